The van der Waals surface area contributed by atoms with Gasteiger partial charge in [-0.25, -0.2) is 0 Å². The summed E-state index contributed by atoms with van der Waals surface area (Å²) in [6.45, 7) is 2.00. The highest BCUT2D eigenvalue weighted by molar-refractivity contribution is 9.10. The van der Waals surface area contributed by atoms with E-state index in [1.165, 1.54) is 0 Å². The van der Waals surface area contributed by atoms with Gasteiger partial charge in [-0.1, -0.05) is 26.9 Å². The van der Waals surface area contributed by atoms with Gasteiger partial charge in [-0.3, -0.25) is 0 Å². The van der Waals surface area contributed by atoms with Gasteiger partial charge in [0.2, 0.25) is 5.69 Å². The lowest BCUT2D eigenvalue weighted by atomic mass is 10.1. The Morgan fingerprint density at radius 3 is 2.30 bits per heavy atom. The van der Waals surface area contributed by atoms with Crippen LogP contribution in [0.3, 0.4) is 0 Å². The molecule has 0 saturated heterocycles. The molecule has 2 rings (SSSR count). The van der Waals surface area contributed by atoms with Gasteiger partial charge in [-0.15, -0.1) is 0 Å². The number of azo groups is 1. The molecule has 0 atom stereocenters. The second-order valence-electron chi connectivity index (χ2n) is 5.23. The van der Waals surface area contributed by atoms with Gasteiger partial charge in [0.1, 0.15) is 5.69 Å². The number of benzene rings is 2. The fourth-order valence-corrected chi connectivity index (χ4v) is 3.83. The molecule has 2 aromatic rings. The molecule has 6 heteroatoms. The summed E-state index contributed by atoms with van der Waals surface area (Å²) < 4.78 is 0.934. The highest BCUT2D eigenvalue weighted by Gasteiger charge is 2.09. The summed E-state index contributed by atoms with van der Waals surface area (Å²) in [4.78, 5) is 0.710. The summed E-state index contributed by atoms with van der Waals surface area (Å²) in [5.74, 6) is 1.78. The topological polar surface area (TPSA) is 38.4 Å². The van der Waals surface area contributed by atoms with Crippen LogP contribution in [0.4, 0.5) is 11.4 Å². The van der Waals surface area contributed by atoms with Gasteiger partial charge in [-0.05, 0) is 54.3 Å². The van der Waals surface area contributed by atoms with Crippen LogP contribution in [0.15, 0.2) is 46.0 Å². The summed E-state index contributed by atoms with van der Waals surface area (Å²) in [5.41, 5.74) is 4.58. The van der Waals surface area contributed by atoms with Gasteiger partial charge in [0.15, 0.2) is 0 Å². The van der Waals surface area contributed by atoms with Crippen LogP contribution in [-0.4, -0.2) is 17.4 Å². The number of thioether (sulfide) groups is 2. The van der Waals surface area contributed by atoms with Crippen molar-refractivity contribution in [3.8, 4) is 0 Å². The van der Waals surface area contributed by atoms with E-state index in [0.717, 1.165) is 32.7 Å². The second-order valence-corrected chi connectivity index (χ2v) is 7.88. The fourth-order valence-electron chi connectivity index (χ4n) is 2.30. The third-order valence-corrected chi connectivity index (χ3v) is 4.82. The Kier molecular flexibility index (Phi) is 6.99. The Hall–Kier alpha value is -0.980. The van der Waals surface area contributed by atoms with Crippen molar-refractivity contribution in [1.82, 2.24) is 0 Å². The minimum atomic E-state index is 0.570. The zero-order valence-corrected chi connectivity index (χ0v) is 16.6. The monoisotopic (exact) mass is 410 g/mol. The second kappa shape index (κ2) is 8.76. The highest BCUT2D eigenvalue weighted by Crippen LogP contribution is 2.26. The van der Waals surface area contributed by atoms with Crippen LogP contribution in [-0.2, 0) is 11.5 Å². The van der Waals surface area contributed by atoms with E-state index in [1.807, 2.05) is 37.3 Å². The molecular formula is C17H19BrN2OS2. The van der Waals surface area contributed by atoms with E-state index in [0.29, 0.717) is 16.2 Å². The average molecular weight is 411 g/mol. The summed E-state index contributed by atoms with van der Waals surface area (Å²) >= 11 is 6.96. The van der Waals surface area contributed by atoms with Gasteiger partial charge >= 0.3 is 0 Å². The first kappa shape index (κ1) is 18.4. The summed E-state index contributed by atoms with van der Waals surface area (Å²) in [7, 11) is 0. The maximum atomic E-state index is 12.4. The van der Waals surface area contributed by atoms with E-state index in [-0.39, 0.29) is 0 Å². The largest absolute Gasteiger partial charge is 0.594 e. The highest BCUT2D eigenvalue weighted by atomic mass is 79.9. The zero-order valence-electron chi connectivity index (χ0n) is 13.4. The molecule has 0 aliphatic rings. The Balaban J connectivity index is 2.35. The lowest BCUT2D eigenvalue weighted by molar-refractivity contribution is -0.435. The van der Waals surface area contributed by atoms with Crippen molar-refractivity contribution in [3.05, 3.63) is 62.8 Å². The predicted octanol–water partition coefficient (Wildman–Crippen LogP) is 6.41. The van der Waals surface area contributed by atoms with Crippen molar-refractivity contribution in [2.24, 2.45) is 5.11 Å². The van der Waals surface area contributed by atoms with Crippen LogP contribution < -0.4 is 0 Å². The zero-order chi connectivity index (χ0) is 16.8. The SMILES string of the molecule is CSCc1cc(Br)cc(/N=[N+](\[O-])c2cc(C)cc(CSC)c2)c1. The maximum absolute atomic E-state index is 12.4. The molecule has 0 aliphatic heterocycles. The molecule has 0 amide bonds. The van der Waals surface area contributed by atoms with Gasteiger partial charge in [0, 0.05) is 33.2 Å². The molecule has 2 aromatic carbocycles. The molecule has 122 valence electrons. The van der Waals surface area contributed by atoms with E-state index >= 15 is 0 Å². The quantitative estimate of drug-likeness (QED) is 0.313. The molecule has 0 saturated carbocycles. The van der Waals surface area contributed by atoms with E-state index in [1.54, 1.807) is 23.5 Å². The van der Waals surface area contributed by atoms with Crippen molar-refractivity contribution >= 4 is 50.8 Å². The molecule has 3 nitrogen and oxygen atoms in total. The molecule has 0 heterocycles. The molecule has 0 bridgehead atoms. The molecule has 0 spiro atoms. The number of hydrogen-bond donors (Lipinski definition) is 0. The van der Waals surface area contributed by atoms with Gasteiger partial charge < -0.3 is 5.21 Å². The van der Waals surface area contributed by atoms with E-state index < -0.39 is 0 Å². The molecule has 0 fully saturated rings. The first-order valence-corrected chi connectivity index (χ1v) is 10.7. The van der Waals surface area contributed by atoms with Crippen molar-refractivity contribution in [2.75, 3.05) is 12.5 Å². The van der Waals surface area contributed by atoms with Crippen molar-refractivity contribution in [3.63, 3.8) is 0 Å². The van der Waals surface area contributed by atoms with Gasteiger partial charge in [0.25, 0.3) is 0 Å². The predicted molar refractivity (Wildman–Crippen MR) is 105 cm³/mol. The minimum absolute atomic E-state index is 0.570. The molecule has 0 aromatic heterocycles. The normalized spacial score (nSPS) is 11.7. The maximum Gasteiger partial charge on any atom is 0.245 e. The van der Waals surface area contributed by atoms with Crippen LogP contribution in [0.2, 0.25) is 0 Å². The van der Waals surface area contributed by atoms with Crippen molar-refractivity contribution < 1.29 is 4.86 Å². The van der Waals surface area contributed by atoms with Crippen molar-refractivity contribution in [2.45, 2.75) is 18.4 Å². The van der Waals surface area contributed by atoms with Crippen LogP contribution in [0.25, 0.3) is 0 Å². The van der Waals surface area contributed by atoms with Gasteiger partial charge in [-0.2, -0.15) is 23.5 Å². The van der Waals surface area contributed by atoms with Gasteiger partial charge in [0.05, 0.1) is 0 Å². The Labute approximate surface area is 154 Å². The number of nitrogens with zero attached hydrogens (tertiary/aromatic N) is 2. The Bertz CT molecular complexity index is 720. The van der Waals surface area contributed by atoms with E-state index in [9.17, 15) is 5.21 Å². The summed E-state index contributed by atoms with van der Waals surface area (Å²) in [5, 5.41) is 16.6. The first-order chi connectivity index (χ1) is 11.0. The molecule has 0 aliphatic carbocycles. The summed E-state index contributed by atoms with van der Waals surface area (Å²) in [6.07, 6.45) is 4.10. The smallest absolute Gasteiger partial charge is 0.245 e. The molecule has 23 heavy (non-hydrogen) atoms. The third kappa shape index (κ3) is 5.55. The van der Waals surface area contributed by atoms with E-state index in [4.69, 9.17) is 0 Å². The lowest BCUT2D eigenvalue weighted by Crippen LogP contribution is -1.94. The summed E-state index contributed by atoms with van der Waals surface area (Å²) in [6, 6.07) is 11.7. The van der Waals surface area contributed by atoms with E-state index in [2.05, 4.69) is 39.6 Å². The average Bonchev–Trinajstić information content (AvgIpc) is 2.46. The third-order valence-electron chi connectivity index (χ3n) is 3.11. The number of rotatable bonds is 6. The van der Waals surface area contributed by atoms with Crippen LogP contribution in [0.1, 0.15) is 16.7 Å². The van der Waals surface area contributed by atoms with Crippen LogP contribution in [0, 0.1) is 12.1 Å². The first-order valence-electron chi connectivity index (χ1n) is 7.08. The van der Waals surface area contributed by atoms with Crippen molar-refractivity contribution in [1.29, 1.82) is 0 Å². The molecule has 0 radical (unpaired) electrons. The Morgan fingerprint density at radius 2 is 1.65 bits per heavy atom. The fraction of sp³-hybridized carbons (Fsp3) is 0.294. The Morgan fingerprint density at radius 1 is 1.00 bits per heavy atom. The number of hydrogen-bond acceptors (Lipinski definition) is 4. The number of aryl methyl sites for hydroxylation is 1. The minimum Gasteiger partial charge on any atom is -0.594 e. The molecule has 0 unspecified atom stereocenters. The lowest BCUT2D eigenvalue weighted by Gasteiger charge is -2.06. The molecular weight excluding hydrogens is 392 g/mol. The standard InChI is InChI=1S/C17H19BrN2OS2/c1-12-4-13(10-22-2)8-17(5-12)20(21)19-16-7-14(11-23-3)6-15(18)9-16/h4-9H,10-11H2,1-3H3/b20-19-. The van der Waals surface area contributed by atoms with Crippen LogP contribution >= 0.6 is 39.5 Å². The van der Waals surface area contributed by atoms with Crippen LogP contribution in [0.5, 0.6) is 0 Å². The molecule has 0 N–H and O–H groups in total. The number of halogens is 1.